The molecule has 22 heavy (non-hydrogen) atoms. The van der Waals surface area contributed by atoms with Crippen molar-refractivity contribution in [1.29, 1.82) is 0 Å². The van der Waals surface area contributed by atoms with Crippen LogP contribution in [0.3, 0.4) is 0 Å². The first-order chi connectivity index (χ1) is 10.3. The third-order valence-corrected chi connectivity index (χ3v) is 4.27. The van der Waals surface area contributed by atoms with E-state index in [-0.39, 0.29) is 17.9 Å². The Hall–Kier alpha value is -1.62. The monoisotopic (exact) mass is 308 g/mol. The summed E-state index contributed by atoms with van der Waals surface area (Å²) in [6.45, 7) is 5.65. The molecule has 2 amide bonds. The first-order valence-electron chi connectivity index (χ1n) is 7.76. The van der Waals surface area contributed by atoms with E-state index in [4.69, 9.17) is 0 Å². The Kier molecular flexibility index (Phi) is 5.06. The van der Waals surface area contributed by atoms with Crippen LogP contribution in [0.1, 0.15) is 42.5 Å². The number of aliphatic hydroxyl groups excluding tert-OH is 1. The van der Waals surface area contributed by atoms with Gasteiger partial charge in [0, 0.05) is 13.6 Å². The van der Waals surface area contributed by atoms with E-state index in [0.29, 0.717) is 23.6 Å². The van der Waals surface area contributed by atoms with E-state index in [9.17, 15) is 14.3 Å². The van der Waals surface area contributed by atoms with E-state index in [0.717, 1.165) is 18.4 Å². The molecule has 0 unspecified atom stereocenters. The second-order valence-electron chi connectivity index (χ2n) is 6.43. The zero-order valence-electron chi connectivity index (χ0n) is 13.7. The number of aryl methyl sites for hydroxylation is 2. The number of halogens is 1. The number of aliphatic hydroxyl groups is 1. The molecule has 4 nitrogen and oxygen atoms in total. The summed E-state index contributed by atoms with van der Waals surface area (Å²) in [7, 11) is 1.68. The lowest BCUT2D eigenvalue weighted by molar-refractivity contribution is 0.113. The van der Waals surface area contributed by atoms with Gasteiger partial charge in [0.25, 0.3) is 0 Å². The molecule has 0 heterocycles. The Balaban J connectivity index is 1.95. The molecule has 1 aromatic rings. The van der Waals surface area contributed by atoms with Crippen LogP contribution in [0.2, 0.25) is 0 Å². The number of carbonyl (C=O) groups is 1. The van der Waals surface area contributed by atoms with E-state index in [1.165, 1.54) is 4.90 Å². The molecule has 0 saturated heterocycles. The highest BCUT2D eigenvalue weighted by molar-refractivity contribution is 5.74. The van der Waals surface area contributed by atoms with Gasteiger partial charge in [0.05, 0.1) is 12.1 Å². The minimum Gasteiger partial charge on any atom is -0.391 e. The quantitative estimate of drug-likeness (QED) is 0.879. The molecule has 1 aliphatic rings. The van der Waals surface area contributed by atoms with E-state index in [1.54, 1.807) is 33.0 Å². The molecule has 2 N–H and O–H groups in total. The van der Waals surface area contributed by atoms with Crippen LogP contribution >= 0.6 is 0 Å². The van der Waals surface area contributed by atoms with Crippen molar-refractivity contribution in [3.8, 4) is 0 Å². The first-order valence-corrected chi connectivity index (χ1v) is 7.76. The largest absolute Gasteiger partial charge is 0.391 e. The molecule has 1 aliphatic carbocycles. The topological polar surface area (TPSA) is 52.6 Å². The molecule has 0 spiro atoms. The zero-order valence-corrected chi connectivity index (χ0v) is 13.7. The fraction of sp³-hybridized carbons (Fsp3) is 0.588. The summed E-state index contributed by atoms with van der Waals surface area (Å²) in [5, 5.41) is 12.8. The summed E-state index contributed by atoms with van der Waals surface area (Å²) >= 11 is 0. The van der Waals surface area contributed by atoms with Crippen molar-refractivity contribution in [1.82, 2.24) is 10.2 Å². The van der Waals surface area contributed by atoms with Crippen LogP contribution < -0.4 is 5.32 Å². The highest BCUT2D eigenvalue weighted by Crippen LogP contribution is 2.32. The number of nitrogens with zero attached hydrogens (tertiary/aromatic N) is 1. The lowest BCUT2D eigenvalue weighted by atomic mass is 10.0. The predicted molar refractivity (Wildman–Crippen MR) is 84.2 cm³/mol. The Morgan fingerprint density at radius 1 is 1.41 bits per heavy atom. The number of benzene rings is 1. The maximum atomic E-state index is 13.7. The zero-order chi connectivity index (χ0) is 16.4. The SMILES string of the molecule is Cc1cc([C@H](C)NC(=O)N(C)C[C@@H](O)C2CC2)cc(C)c1F. The Morgan fingerprint density at radius 3 is 2.45 bits per heavy atom. The van der Waals surface area contributed by atoms with Crippen LogP contribution in [0.4, 0.5) is 9.18 Å². The second kappa shape index (κ2) is 6.65. The molecule has 2 rings (SSSR count). The molecule has 1 fully saturated rings. The van der Waals surface area contributed by atoms with Crippen LogP contribution in [0.5, 0.6) is 0 Å². The van der Waals surface area contributed by atoms with Gasteiger partial charge in [-0.15, -0.1) is 0 Å². The average molecular weight is 308 g/mol. The summed E-state index contributed by atoms with van der Waals surface area (Å²) in [5.41, 5.74) is 2.03. The molecule has 122 valence electrons. The predicted octanol–water partition coefficient (Wildman–Crippen LogP) is 2.92. The van der Waals surface area contributed by atoms with E-state index < -0.39 is 6.10 Å². The van der Waals surface area contributed by atoms with Gasteiger partial charge >= 0.3 is 6.03 Å². The number of amides is 2. The lowest BCUT2D eigenvalue weighted by Crippen LogP contribution is -2.42. The van der Waals surface area contributed by atoms with Crippen molar-refractivity contribution in [2.75, 3.05) is 13.6 Å². The Labute approximate surface area is 131 Å². The maximum absolute atomic E-state index is 13.7. The Bertz CT molecular complexity index is 535. The van der Waals surface area contributed by atoms with Gasteiger partial charge in [0.15, 0.2) is 0 Å². The third kappa shape index (κ3) is 3.97. The molecule has 5 heteroatoms. The fourth-order valence-electron chi connectivity index (χ4n) is 2.60. The normalized spacial score (nSPS) is 17.0. The standard InChI is InChI=1S/C17H25FN2O2/c1-10-7-14(8-11(2)16(10)18)12(3)19-17(22)20(4)9-15(21)13-5-6-13/h7-8,12-13,15,21H,5-6,9H2,1-4H3,(H,19,22)/t12-,15+/m0/s1. The van der Waals surface area contributed by atoms with Crippen molar-refractivity contribution in [2.45, 2.75) is 45.8 Å². The minimum atomic E-state index is -0.443. The molecule has 1 aromatic carbocycles. The molecular formula is C17H25FN2O2. The highest BCUT2D eigenvalue weighted by Gasteiger charge is 2.31. The average Bonchev–Trinajstić information content (AvgIpc) is 3.28. The van der Waals surface area contributed by atoms with Gasteiger partial charge in [0.2, 0.25) is 0 Å². The molecule has 0 radical (unpaired) electrons. The summed E-state index contributed by atoms with van der Waals surface area (Å²) in [6.07, 6.45) is 1.64. The maximum Gasteiger partial charge on any atom is 0.317 e. The summed E-state index contributed by atoms with van der Waals surface area (Å²) in [6, 6.07) is 3.07. The van der Waals surface area contributed by atoms with Crippen molar-refractivity contribution < 1.29 is 14.3 Å². The molecule has 0 aromatic heterocycles. The summed E-state index contributed by atoms with van der Waals surface area (Å²) in [4.78, 5) is 13.7. The van der Waals surface area contributed by atoms with E-state index in [2.05, 4.69) is 5.32 Å². The highest BCUT2D eigenvalue weighted by atomic mass is 19.1. The lowest BCUT2D eigenvalue weighted by Gasteiger charge is -2.24. The van der Waals surface area contributed by atoms with Crippen LogP contribution in [0, 0.1) is 25.6 Å². The van der Waals surface area contributed by atoms with Gasteiger partial charge < -0.3 is 15.3 Å². The van der Waals surface area contributed by atoms with Gasteiger partial charge in [-0.2, -0.15) is 0 Å². The first kappa shape index (κ1) is 16.7. The molecule has 0 bridgehead atoms. The number of likely N-dealkylation sites (N-methyl/N-ethyl adjacent to an activating group) is 1. The third-order valence-electron chi connectivity index (χ3n) is 4.27. The van der Waals surface area contributed by atoms with Gasteiger partial charge in [-0.05, 0) is 56.2 Å². The number of nitrogens with one attached hydrogen (secondary N) is 1. The molecule has 1 saturated carbocycles. The number of hydrogen-bond acceptors (Lipinski definition) is 2. The summed E-state index contributed by atoms with van der Waals surface area (Å²) in [5.74, 6) is 0.141. The smallest absolute Gasteiger partial charge is 0.317 e. The molecular weight excluding hydrogens is 283 g/mol. The summed E-state index contributed by atoms with van der Waals surface area (Å²) < 4.78 is 13.7. The van der Waals surface area contributed by atoms with Gasteiger partial charge in [-0.25, -0.2) is 9.18 Å². The number of carbonyl (C=O) groups excluding carboxylic acids is 1. The van der Waals surface area contributed by atoms with Crippen LogP contribution in [0.15, 0.2) is 12.1 Å². The minimum absolute atomic E-state index is 0.202. The van der Waals surface area contributed by atoms with E-state index >= 15 is 0 Å². The van der Waals surface area contributed by atoms with Crippen LogP contribution in [-0.4, -0.2) is 35.7 Å². The number of hydrogen-bond donors (Lipinski definition) is 2. The van der Waals surface area contributed by atoms with E-state index in [1.807, 2.05) is 6.92 Å². The van der Waals surface area contributed by atoms with Gasteiger partial charge in [-0.1, -0.05) is 12.1 Å². The Morgan fingerprint density at radius 2 is 1.95 bits per heavy atom. The van der Waals surface area contributed by atoms with Gasteiger partial charge in [0.1, 0.15) is 5.82 Å². The van der Waals surface area contributed by atoms with Crippen molar-refractivity contribution in [3.63, 3.8) is 0 Å². The fourth-order valence-corrected chi connectivity index (χ4v) is 2.60. The van der Waals surface area contributed by atoms with Crippen molar-refractivity contribution in [2.24, 2.45) is 5.92 Å². The number of urea groups is 1. The molecule has 2 atom stereocenters. The molecule has 0 aliphatic heterocycles. The van der Waals surface area contributed by atoms with Crippen molar-refractivity contribution >= 4 is 6.03 Å². The van der Waals surface area contributed by atoms with Gasteiger partial charge in [-0.3, -0.25) is 0 Å². The second-order valence-corrected chi connectivity index (χ2v) is 6.43. The van der Waals surface area contributed by atoms with Crippen molar-refractivity contribution in [3.05, 3.63) is 34.6 Å². The number of rotatable bonds is 5. The van der Waals surface area contributed by atoms with Crippen LogP contribution in [-0.2, 0) is 0 Å². The van der Waals surface area contributed by atoms with Crippen LogP contribution in [0.25, 0.3) is 0 Å².